The Morgan fingerprint density at radius 1 is 1.27 bits per heavy atom. The zero-order valence-electron chi connectivity index (χ0n) is 16.1. The minimum Gasteiger partial charge on any atom is -0.375 e. The molecule has 0 amide bonds. The molecule has 0 saturated carbocycles. The lowest BCUT2D eigenvalue weighted by Gasteiger charge is -2.33. The van der Waals surface area contributed by atoms with Crippen LogP contribution in [-0.4, -0.2) is 52.5 Å². The maximum absolute atomic E-state index is 12.9. The SMILES string of the molecule is CC(C)CN1CCO[C@@H](CSc2nc3ccccc3c(=O)n2C(C)C)C1. The van der Waals surface area contributed by atoms with Crippen molar-refractivity contribution >= 4 is 22.7 Å². The van der Waals surface area contributed by atoms with Gasteiger partial charge in [-0.2, -0.15) is 0 Å². The third-order valence-corrected chi connectivity index (χ3v) is 5.62. The number of rotatable bonds is 6. The van der Waals surface area contributed by atoms with Crippen molar-refractivity contribution in [1.29, 1.82) is 0 Å². The highest BCUT2D eigenvalue weighted by molar-refractivity contribution is 7.99. The predicted octanol–water partition coefficient (Wildman–Crippen LogP) is 3.43. The zero-order valence-corrected chi connectivity index (χ0v) is 17.0. The van der Waals surface area contributed by atoms with E-state index in [1.807, 2.05) is 42.7 Å². The third kappa shape index (κ3) is 4.48. The van der Waals surface area contributed by atoms with Gasteiger partial charge in [-0.25, -0.2) is 4.98 Å². The molecule has 2 aromatic rings. The van der Waals surface area contributed by atoms with Crippen molar-refractivity contribution in [1.82, 2.24) is 14.5 Å². The molecule has 1 fully saturated rings. The van der Waals surface area contributed by atoms with Gasteiger partial charge >= 0.3 is 0 Å². The van der Waals surface area contributed by atoms with Crippen molar-refractivity contribution < 1.29 is 4.74 Å². The van der Waals surface area contributed by atoms with Gasteiger partial charge in [0, 0.05) is 31.4 Å². The summed E-state index contributed by atoms with van der Waals surface area (Å²) >= 11 is 1.63. The van der Waals surface area contributed by atoms with Gasteiger partial charge < -0.3 is 4.74 Å². The molecule has 0 N–H and O–H groups in total. The molecule has 0 bridgehead atoms. The fraction of sp³-hybridized carbons (Fsp3) is 0.600. The summed E-state index contributed by atoms with van der Waals surface area (Å²) < 4.78 is 7.76. The van der Waals surface area contributed by atoms with Gasteiger partial charge in [0.05, 0.1) is 23.6 Å². The standard InChI is InChI=1S/C20H29N3O2S/c1-14(2)11-22-9-10-25-16(12-22)13-26-20-21-18-8-6-5-7-17(18)19(24)23(20)15(3)4/h5-8,14-16H,9-13H2,1-4H3/t16-/m1/s1. The summed E-state index contributed by atoms with van der Waals surface area (Å²) in [4.78, 5) is 20.1. The summed E-state index contributed by atoms with van der Waals surface area (Å²) in [6.45, 7) is 12.4. The molecule has 142 valence electrons. The maximum Gasteiger partial charge on any atom is 0.262 e. The summed E-state index contributed by atoms with van der Waals surface area (Å²) in [6.07, 6.45) is 0.177. The highest BCUT2D eigenvalue weighted by Crippen LogP contribution is 2.23. The van der Waals surface area contributed by atoms with E-state index in [1.54, 1.807) is 11.8 Å². The zero-order chi connectivity index (χ0) is 18.7. The highest BCUT2D eigenvalue weighted by atomic mass is 32.2. The molecule has 2 heterocycles. The molecule has 0 aliphatic carbocycles. The Morgan fingerprint density at radius 2 is 2.04 bits per heavy atom. The Bertz CT molecular complexity index is 803. The molecule has 1 aliphatic rings. The molecule has 1 aliphatic heterocycles. The second kappa shape index (κ2) is 8.55. The van der Waals surface area contributed by atoms with Crippen molar-refractivity contribution in [3.63, 3.8) is 0 Å². The number of ether oxygens (including phenoxy) is 1. The Balaban J connectivity index is 1.78. The van der Waals surface area contributed by atoms with E-state index in [2.05, 4.69) is 18.7 Å². The lowest BCUT2D eigenvalue weighted by Crippen LogP contribution is -2.44. The summed E-state index contributed by atoms with van der Waals surface area (Å²) in [5.74, 6) is 1.47. The lowest BCUT2D eigenvalue weighted by molar-refractivity contribution is -0.0191. The van der Waals surface area contributed by atoms with Crippen molar-refractivity contribution in [3.05, 3.63) is 34.6 Å². The molecule has 0 radical (unpaired) electrons. The van der Waals surface area contributed by atoms with Crippen molar-refractivity contribution in [3.8, 4) is 0 Å². The van der Waals surface area contributed by atoms with Crippen LogP contribution in [0.25, 0.3) is 10.9 Å². The molecule has 1 saturated heterocycles. The molecular formula is C20H29N3O2S. The van der Waals surface area contributed by atoms with Gasteiger partial charge in [-0.15, -0.1) is 0 Å². The molecule has 0 spiro atoms. The first-order chi connectivity index (χ1) is 12.5. The fourth-order valence-electron chi connectivity index (χ4n) is 3.41. The predicted molar refractivity (Wildman–Crippen MR) is 108 cm³/mol. The second-order valence-corrected chi connectivity index (χ2v) is 8.62. The minimum absolute atomic E-state index is 0.0408. The van der Waals surface area contributed by atoms with Gasteiger partial charge in [0.1, 0.15) is 0 Å². The molecule has 5 nitrogen and oxygen atoms in total. The number of hydrogen-bond donors (Lipinski definition) is 0. The van der Waals surface area contributed by atoms with Gasteiger partial charge in [-0.3, -0.25) is 14.3 Å². The number of nitrogens with zero attached hydrogens (tertiary/aromatic N) is 3. The fourth-order valence-corrected chi connectivity index (χ4v) is 4.55. The van der Waals surface area contributed by atoms with Crippen LogP contribution in [0.4, 0.5) is 0 Å². The van der Waals surface area contributed by atoms with E-state index >= 15 is 0 Å². The minimum atomic E-state index is 0.0408. The first-order valence-electron chi connectivity index (χ1n) is 9.43. The number of benzene rings is 1. The van der Waals surface area contributed by atoms with Crippen molar-refractivity contribution in [2.75, 3.05) is 32.0 Å². The summed E-state index contributed by atoms with van der Waals surface area (Å²) in [5, 5.41) is 1.47. The molecule has 26 heavy (non-hydrogen) atoms. The van der Waals surface area contributed by atoms with Crippen molar-refractivity contribution in [2.24, 2.45) is 5.92 Å². The molecule has 1 atom stereocenters. The molecule has 6 heteroatoms. The monoisotopic (exact) mass is 375 g/mol. The average molecular weight is 376 g/mol. The first-order valence-corrected chi connectivity index (χ1v) is 10.4. The Morgan fingerprint density at radius 3 is 2.77 bits per heavy atom. The summed E-state index contributed by atoms with van der Waals surface area (Å²) in [5.41, 5.74) is 0.807. The first kappa shape index (κ1) is 19.4. The van der Waals surface area contributed by atoms with E-state index in [0.29, 0.717) is 11.3 Å². The van der Waals surface area contributed by atoms with Gasteiger partial charge in [-0.05, 0) is 31.9 Å². The Labute approximate surface area is 159 Å². The van der Waals surface area contributed by atoms with Crippen LogP contribution in [-0.2, 0) is 4.74 Å². The molecule has 0 unspecified atom stereocenters. The van der Waals surface area contributed by atoms with Gasteiger partial charge in [0.25, 0.3) is 5.56 Å². The van der Waals surface area contributed by atoms with Crippen LogP contribution in [0.3, 0.4) is 0 Å². The molecule has 3 rings (SSSR count). The van der Waals surface area contributed by atoms with Crippen molar-refractivity contribution in [2.45, 2.75) is 45.0 Å². The summed E-state index contributed by atoms with van der Waals surface area (Å²) in [7, 11) is 0. The smallest absolute Gasteiger partial charge is 0.262 e. The molecule has 1 aromatic carbocycles. The number of para-hydroxylation sites is 1. The highest BCUT2D eigenvalue weighted by Gasteiger charge is 2.22. The lowest BCUT2D eigenvalue weighted by atomic mass is 10.2. The van der Waals surface area contributed by atoms with E-state index in [4.69, 9.17) is 9.72 Å². The van der Waals surface area contributed by atoms with Crippen LogP contribution < -0.4 is 5.56 Å². The Hall–Kier alpha value is -1.37. The maximum atomic E-state index is 12.9. The van der Waals surface area contributed by atoms with Crippen LogP contribution in [0.1, 0.15) is 33.7 Å². The van der Waals surface area contributed by atoms with Crippen LogP contribution in [0.2, 0.25) is 0 Å². The van der Waals surface area contributed by atoms with Crippen LogP contribution in [0.5, 0.6) is 0 Å². The second-order valence-electron chi connectivity index (χ2n) is 7.64. The Kier molecular flexibility index (Phi) is 6.37. The largest absolute Gasteiger partial charge is 0.375 e. The number of aromatic nitrogens is 2. The quantitative estimate of drug-likeness (QED) is 0.572. The molecule has 1 aromatic heterocycles. The van der Waals surface area contributed by atoms with Crippen LogP contribution in [0, 0.1) is 5.92 Å². The number of thioether (sulfide) groups is 1. The van der Waals surface area contributed by atoms with Crippen LogP contribution in [0.15, 0.2) is 34.2 Å². The van der Waals surface area contributed by atoms with E-state index in [0.717, 1.165) is 42.7 Å². The summed E-state index contributed by atoms with van der Waals surface area (Å²) in [6, 6.07) is 7.66. The van der Waals surface area contributed by atoms with E-state index < -0.39 is 0 Å². The van der Waals surface area contributed by atoms with E-state index in [-0.39, 0.29) is 17.7 Å². The van der Waals surface area contributed by atoms with Gasteiger partial charge in [0.15, 0.2) is 5.16 Å². The third-order valence-electron chi connectivity index (χ3n) is 4.54. The molecular weight excluding hydrogens is 346 g/mol. The number of morpholine rings is 1. The number of hydrogen-bond acceptors (Lipinski definition) is 5. The number of fused-ring (bicyclic) bond motifs is 1. The topological polar surface area (TPSA) is 47.4 Å². The van der Waals surface area contributed by atoms with Gasteiger partial charge in [0.2, 0.25) is 0 Å². The van der Waals surface area contributed by atoms with E-state index in [1.165, 1.54) is 0 Å². The van der Waals surface area contributed by atoms with E-state index in [9.17, 15) is 4.79 Å². The van der Waals surface area contributed by atoms with Crippen LogP contribution >= 0.6 is 11.8 Å². The average Bonchev–Trinajstić information content (AvgIpc) is 2.59. The normalized spacial score (nSPS) is 18.9. The van der Waals surface area contributed by atoms with Gasteiger partial charge in [-0.1, -0.05) is 37.7 Å².